The van der Waals surface area contributed by atoms with Gasteiger partial charge in [-0.3, -0.25) is 0 Å². The summed E-state index contributed by atoms with van der Waals surface area (Å²) in [4.78, 5) is 0. The van der Waals surface area contributed by atoms with Crippen LogP contribution in [0.4, 0.5) is 0 Å². The summed E-state index contributed by atoms with van der Waals surface area (Å²) in [7, 11) is 4.35. The van der Waals surface area contributed by atoms with Crippen molar-refractivity contribution in [3.8, 4) is 0 Å². The molecule has 2 aliphatic heterocycles. The molecule has 2 unspecified atom stereocenters. The third-order valence-corrected chi connectivity index (χ3v) is 3.12. The van der Waals surface area contributed by atoms with Crippen molar-refractivity contribution >= 4 is 0 Å². The lowest BCUT2D eigenvalue weighted by atomic mass is 10.1. The highest BCUT2D eigenvalue weighted by atomic mass is 15.6. The molecule has 2 bridgehead atoms. The molecule has 2 nitrogen and oxygen atoms in total. The van der Waals surface area contributed by atoms with Crippen molar-refractivity contribution in [2.24, 2.45) is 0 Å². The minimum Gasteiger partial charge on any atom is -0.247 e. The Kier molecular flexibility index (Phi) is 1.90. The molecular formula is C9H18N2. The molecule has 0 saturated carbocycles. The average Bonchev–Trinajstić information content (AvgIpc) is 2.23. The zero-order valence-corrected chi connectivity index (χ0v) is 7.58. The normalized spacial score (nSPS) is 38.5. The van der Waals surface area contributed by atoms with Gasteiger partial charge in [-0.25, -0.2) is 10.0 Å². The quantitative estimate of drug-likeness (QED) is 0.564. The number of hydrogen-bond acceptors (Lipinski definition) is 2. The second-order valence-corrected chi connectivity index (χ2v) is 4.04. The zero-order valence-electron chi connectivity index (χ0n) is 7.58. The van der Waals surface area contributed by atoms with Crippen LogP contribution in [-0.4, -0.2) is 36.2 Å². The molecule has 2 atom stereocenters. The highest BCUT2D eigenvalue weighted by Gasteiger charge is 2.37. The largest absolute Gasteiger partial charge is 0.247 e. The predicted octanol–water partition coefficient (Wildman–Crippen LogP) is 1.48. The van der Waals surface area contributed by atoms with Crippen LogP contribution in [0.25, 0.3) is 0 Å². The molecule has 0 N–H and O–H groups in total. The van der Waals surface area contributed by atoms with Gasteiger partial charge in [0.25, 0.3) is 0 Å². The highest BCUT2D eigenvalue weighted by molar-refractivity contribution is 4.89. The van der Waals surface area contributed by atoms with Crippen molar-refractivity contribution in [3.63, 3.8) is 0 Å². The van der Waals surface area contributed by atoms with Gasteiger partial charge in [0.1, 0.15) is 0 Å². The van der Waals surface area contributed by atoms with Crippen molar-refractivity contribution in [1.29, 1.82) is 0 Å². The van der Waals surface area contributed by atoms with Crippen LogP contribution in [0.5, 0.6) is 0 Å². The first-order valence-electron chi connectivity index (χ1n) is 4.74. The summed E-state index contributed by atoms with van der Waals surface area (Å²) in [6, 6.07) is 1.76. The maximum absolute atomic E-state index is 2.59. The first kappa shape index (κ1) is 7.56. The van der Waals surface area contributed by atoms with Crippen molar-refractivity contribution in [1.82, 2.24) is 10.0 Å². The molecule has 0 aromatic rings. The number of rotatable bonds is 1. The summed E-state index contributed by atoms with van der Waals surface area (Å²) in [6.07, 6.45) is 7.18. The molecule has 11 heavy (non-hydrogen) atoms. The Morgan fingerprint density at radius 1 is 1.00 bits per heavy atom. The van der Waals surface area contributed by atoms with Gasteiger partial charge in [-0.2, -0.15) is 0 Å². The average molecular weight is 154 g/mol. The topological polar surface area (TPSA) is 6.48 Å². The van der Waals surface area contributed by atoms with Crippen LogP contribution < -0.4 is 0 Å². The Morgan fingerprint density at radius 3 is 1.91 bits per heavy atom. The molecule has 0 aromatic carbocycles. The minimum absolute atomic E-state index is 0.878. The van der Waals surface area contributed by atoms with Gasteiger partial charge in [0, 0.05) is 26.2 Å². The van der Waals surface area contributed by atoms with Crippen LogP contribution in [0.3, 0.4) is 0 Å². The van der Waals surface area contributed by atoms with Crippen LogP contribution in [0.2, 0.25) is 0 Å². The molecule has 2 rings (SSSR count). The second-order valence-electron chi connectivity index (χ2n) is 4.04. The SMILES string of the molecule is CN(C)N1C2CCCC1CC2. The minimum atomic E-state index is 0.878. The zero-order chi connectivity index (χ0) is 7.84. The van der Waals surface area contributed by atoms with E-state index in [9.17, 15) is 0 Å². The van der Waals surface area contributed by atoms with Crippen molar-refractivity contribution in [2.75, 3.05) is 14.1 Å². The van der Waals surface area contributed by atoms with Gasteiger partial charge >= 0.3 is 0 Å². The molecule has 64 valence electrons. The first-order chi connectivity index (χ1) is 5.29. The molecule has 2 aliphatic rings. The Bertz CT molecular complexity index is 128. The van der Waals surface area contributed by atoms with Crippen LogP contribution in [-0.2, 0) is 0 Å². The summed E-state index contributed by atoms with van der Waals surface area (Å²) in [5.41, 5.74) is 0. The summed E-state index contributed by atoms with van der Waals surface area (Å²) < 4.78 is 0. The first-order valence-corrected chi connectivity index (χ1v) is 4.74. The molecule has 2 heterocycles. The lowest BCUT2D eigenvalue weighted by molar-refractivity contribution is -0.0471. The summed E-state index contributed by atoms with van der Waals surface area (Å²) in [5, 5.41) is 4.88. The lowest BCUT2D eigenvalue weighted by Crippen LogP contribution is -2.47. The fourth-order valence-electron chi connectivity index (χ4n) is 2.74. The van der Waals surface area contributed by atoms with Crippen LogP contribution in [0.1, 0.15) is 32.1 Å². The molecule has 0 spiro atoms. The van der Waals surface area contributed by atoms with E-state index in [1.54, 1.807) is 0 Å². The number of piperidine rings is 1. The molecule has 2 fully saturated rings. The lowest BCUT2D eigenvalue weighted by Gasteiger charge is -2.39. The highest BCUT2D eigenvalue weighted by Crippen LogP contribution is 2.35. The number of hydrogen-bond donors (Lipinski definition) is 0. The number of hydrazine groups is 1. The Labute approximate surface area is 69.1 Å². The maximum atomic E-state index is 2.59. The molecular weight excluding hydrogens is 136 g/mol. The van der Waals surface area contributed by atoms with E-state index >= 15 is 0 Å². The van der Waals surface area contributed by atoms with E-state index in [0.29, 0.717) is 0 Å². The van der Waals surface area contributed by atoms with Crippen LogP contribution in [0.15, 0.2) is 0 Å². The fraction of sp³-hybridized carbons (Fsp3) is 1.00. The van der Waals surface area contributed by atoms with Crippen molar-refractivity contribution < 1.29 is 0 Å². The predicted molar refractivity (Wildman–Crippen MR) is 46.2 cm³/mol. The maximum Gasteiger partial charge on any atom is 0.0249 e. The van der Waals surface area contributed by atoms with Gasteiger partial charge in [0.2, 0.25) is 0 Å². The van der Waals surface area contributed by atoms with Gasteiger partial charge in [-0.05, 0) is 25.7 Å². The Balaban J connectivity index is 2.09. The van der Waals surface area contributed by atoms with Crippen molar-refractivity contribution in [3.05, 3.63) is 0 Å². The monoisotopic (exact) mass is 154 g/mol. The van der Waals surface area contributed by atoms with Gasteiger partial charge in [0.05, 0.1) is 0 Å². The second kappa shape index (κ2) is 2.76. The van der Waals surface area contributed by atoms with Gasteiger partial charge in [-0.1, -0.05) is 6.42 Å². The van der Waals surface area contributed by atoms with Gasteiger partial charge < -0.3 is 0 Å². The third kappa shape index (κ3) is 1.18. The fourth-order valence-corrected chi connectivity index (χ4v) is 2.74. The van der Waals surface area contributed by atoms with E-state index in [1.165, 1.54) is 32.1 Å². The molecule has 2 heteroatoms. The molecule has 0 radical (unpaired) electrons. The van der Waals surface area contributed by atoms with Gasteiger partial charge in [-0.15, -0.1) is 0 Å². The molecule has 0 amide bonds. The van der Waals surface area contributed by atoms with E-state index in [0.717, 1.165) is 12.1 Å². The number of fused-ring (bicyclic) bond motifs is 2. The molecule has 0 aromatic heterocycles. The standard InChI is InChI=1S/C9H18N2/c1-10(2)11-8-4-3-5-9(11)7-6-8/h8-9H,3-7H2,1-2H3. The van der Waals surface area contributed by atoms with E-state index < -0.39 is 0 Å². The van der Waals surface area contributed by atoms with E-state index in [4.69, 9.17) is 0 Å². The third-order valence-electron chi connectivity index (χ3n) is 3.12. The van der Waals surface area contributed by atoms with E-state index in [1.807, 2.05) is 0 Å². The van der Waals surface area contributed by atoms with Gasteiger partial charge in [0.15, 0.2) is 0 Å². The Morgan fingerprint density at radius 2 is 1.55 bits per heavy atom. The van der Waals surface area contributed by atoms with Crippen molar-refractivity contribution in [2.45, 2.75) is 44.2 Å². The molecule has 2 saturated heterocycles. The molecule has 0 aliphatic carbocycles. The smallest absolute Gasteiger partial charge is 0.0249 e. The Hall–Kier alpha value is -0.0800. The van der Waals surface area contributed by atoms with E-state index in [2.05, 4.69) is 24.1 Å². The number of nitrogens with zero attached hydrogens (tertiary/aromatic N) is 2. The summed E-state index contributed by atoms with van der Waals surface area (Å²) in [5.74, 6) is 0. The van der Waals surface area contributed by atoms with Crippen LogP contribution in [0, 0.1) is 0 Å². The summed E-state index contributed by atoms with van der Waals surface area (Å²) in [6.45, 7) is 0. The van der Waals surface area contributed by atoms with Crippen LogP contribution >= 0.6 is 0 Å². The summed E-state index contributed by atoms with van der Waals surface area (Å²) >= 11 is 0. The van der Waals surface area contributed by atoms with E-state index in [-0.39, 0.29) is 0 Å².